The van der Waals surface area contributed by atoms with Crippen molar-refractivity contribution in [3.05, 3.63) is 22.2 Å². The highest BCUT2D eigenvalue weighted by molar-refractivity contribution is 9.10. The fourth-order valence-electron chi connectivity index (χ4n) is 2.60. The molecule has 18 heavy (non-hydrogen) atoms. The Kier molecular flexibility index (Phi) is 3.48. The Balaban J connectivity index is 1.67. The SMILES string of the molecule is CC1CC(NCc2cc(Br)c3c(c2)OCCO3)C1. The molecule has 0 radical (unpaired) electrons. The van der Waals surface area contributed by atoms with E-state index in [1.54, 1.807) is 0 Å². The number of fused-ring (bicyclic) bond motifs is 1. The molecule has 1 saturated carbocycles. The third-order valence-electron chi connectivity index (χ3n) is 3.63. The summed E-state index contributed by atoms with van der Waals surface area (Å²) in [6.45, 7) is 4.46. The summed E-state index contributed by atoms with van der Waals surface area (Å²) in [6.07, 6.45) is 2.59. The van der Waals surface area contributed by atoms with Crippen molar-refractivity contribution in [2.24, 2.45) is 5.92 Å². The van der Waals surface area contributed by atoms with Crippen molar-refractivity contribution in [2.45, 2.75) is 32.4 Å². The number of ether oxygens (including phenoxy) is 2. The third-order valence-corrected chi connectivity index (χ3v) is 4.21. The molecule has 1 aromatic rings. The predicted molar refractivity (Wildman–Crippen MR) is 74.2 cm³/mol. The second-order valence-electron chi connectivity index (χ2n) is 5.26. The Labute approximate surface area is 116 Å². The van der Waals surface area contributed by atoms with Crippen LogP contribution in [-0.2, 0) is 6.54 Å². The van der Waals surface area contributed by atoms with Gasteiger partial charge in [-0.1, -0.05) is 6.92 Å². The van der Waals surface area contributed by atoms with Crippen LogP contribution >= 0.6 is 15.9 Å². The van der Waals surface area contributed by atoms with Crippen molar-refractivity contribution in [1.29, 1.82) is 0 Å². The van der Waals surface area contributed by atoms with E-state index in [-0.39, 0.29) is 0 Å². The Morgan fingerprint density at radius 1 is 1.28 bits per heavy atom. The van der Waals surface area contributed by atoms with E-state index in [0.29, 0.717) is 19.3 Å². The summed E-state index contributed by atoms with van der Waals surface area (Å²) in [5, 5.41) is 3.58. The molecule has 0 aromatic heterocycles. The average Bonchev–Trinajstić information content (AvgIpc) is 2.33. The molecule has 98 valence electrons. The van der Waals surface area contributed by atoms with Gasteiger partial charge in [-0.25, -0.2) is 0 Å². The van der Waals surface area contributed by atoms with Gasteiger partial charge in [0.2, 0.25) is 0 Å². The largest absolute Gasteiger partial charge is 0.486 e. The summed E-state index contributed by atoms with van der Waals surface area (Å²) >= 11 is 3.55. The van der Waals surface area contributed by atoms with Crippen molar-refractivity contribution >= 4 is 15.9 Å². The Bertz CT molecular complexity index is 444. The molecule has 1 aliphatic carbocycles. The van der Waals surface area contributed by atoms with Crippen molar-refractivity contribution in [2.75, 3.05) is 13.2 Å². The maximum absolute atomic E-state index is 5.63. The summed E-state index contributed by atoms with van der Waals surface area (Å²) in [4.78, 5) is 0. The van der Waals surface area contributed by atoms with E-state index in [1.807, 2.05) is 0 Å². The first-order valence-electron chi connectivity index (χ1n) is 6.54. The minimum Gasteiger partial charge on any atom is -0.486 e. The summed E-state index contributed by atoms with van der Waals surface area (Å²) in [5.41, 5.74) is 1.24. The van der Waals surface area contributed by atoms with E-state index in [2.05, 4.69) is 40.3 Å². The molecule has 0 atom stereocenters. The zero-order valence-corrected chi connectivity index (χ0v) is 12.1. The molecule has 1 aliphatic heterocycles. The quantitative estimate of drug-likeness (QED) is 0.930. The summed E-state index contributed by atoms with van der Waals surface area (Å²) in [7, 11) is 0. The fraction of sp³-hybridized carbons (Fsp3) is 0.571. The topological polar surface area (TPSA) is 30.5 Å². The van der Waals surface area contributed by atoms with Gasteiger partial charge in [0.25, 0.3) is 0 Å². The molecule has 1 aromatic carbocycles. The average molecular weight is 312 g/mol. The van der Waals surface area contributed by atoms with Crippen molar-refractivity contribution < 1.29 is 9.47 Å². The van der Waals surface area contributed by atoms with Gasteiger partial charge in [0.15, 0.2) is 11.5 Å². The van der Waals surface area contributed by atoms with Crippen LogP contribution in [0, 0.1) is 5.92 Å². The second kappa shape index (κ2) is 5.10. The molecule has 1 N–H and O–H groups in total. The van der Waals surface area contributed by atoms with Crippen LogP contribution in [0.25, 0.3) is 0 Å². The fourth-order valence-corrected chi connectivity index (χ4v) is 3.20. The molecule has 0 bridgehead atoms. The van der Waals surface area contributed by atoms with Crippen molar-refractivity contribution in [3.8, 4) is 11.5 Å². The number of hydrogen-bond donors (Lipinski definition) is 1. The molecule has 0 spiro atoms. The van der Waals surface area contributed by atoms with Gasteiger partial charge in [-0.15, -0.1) is 0 Å². The monoisotopic (exact) mass is 311 g/mol. The van der Waals surface area contributed by atoms with Gasteiger partial charge < -0.3 is 14.8 Å². The standard InChI is InChI=1S/C14H18BrNO2/c1-9-4-11(5-9)16-8-10-6-12(15)14-13(7-10)17-2-3-18-14/h6-7,9,11,16H,2-5,8H2,1H3. The Morgan fingerprint density at radius 3 is 2.83 bits per heavy atom. The number of halogens is 1. The van der Waals surface area contributed by atoms with Crippen molar-refractivity contribution in [3.63, 3.8) is 0 Å². The summed E-state index contributed by atoms with van der Waals surface area (Å²) < 4.78 is 12.2. The molecule has 4 heteroatoms. The minimum atomic E-state index is 0.628. The number of nitrogens with one attached hydrogen (secondary N) is 1. The van der Waals surface area contributed by atoms with Crippen LogP contribution in [0.2, 0.25) is 0 Å². The minimum absolute atomic E-state index is 0.628. The lowest BCUT2D eigenvalue weighted by Gasteiger charge is -2.33. The van der Waals surface area contributed by atoms with E-state index in [0.717, 1.165) is 28.4 Å². The van der Waals surface area contributed by atoms with E-state index in [9.17, 15) is 0 Å². The van der Waals surface area contributed by atoms with Crippen LogP contribution in [-0.4, -0.2) is 19.3 Å². The maximum atomic E-state index is 5.63. The number of benzene rings is 1. The van der Waals surface area contributed by atoms with Crippen LogP contribution < -0.4 is 14.8 Å². The summed E-state index contributed by atoms with van der Waals surface area (Å²) in [6, 6.07) is 4.88. The van der Waals surface area contributed by atoms with E-state index in [1.165, 1.54) is 18.4 Å². The lowest BCUT2D eigenvalue weighted by atomic mass is 9.82. The summed E-state index contributed by atoms with van der Waals surface area (Å²) in [5.74, 6) is 2.58. The maximum Gasteiger partial charge on any atom is 0.175 e. The smallest absolute Gasteiger partial charge is 0.175 e. The van der Waals surface area contributed by atoms with Gasteiger partial charge in [-0.3, -0.25) is 0 Å². The molecule has 0 saturated heterocycles. The predicted octanol–water partition coefficient (Wildman–Crippen LogP) is 3.11. The highest BCUT2D eigenvalue weighted by Gasteiger charge is 2.24. The Hall–Kier alpha value is -0.740. The van der Waals surface area contributed by atoms with Crippen LogP contribution in [0.15, 0.2) is 16.6 Å². The Morgan fingerprint density at radius 2 is 2.06 bits per heavy atom. The number of rotatable bonds is 3. The number of hydrogen-bond acceptors (Lipinski definition) is 3. The second-order valence-corrected chi connectivity index (χ2v) is 6.11. The first kappa shape index (κ1) is 12.3. The molecule has 3 rings (SSSR count). The molecule has 0 amide bonds. The normalized spacial score (nSPS) is 25.7. The van der Waals surface area contributed by atoms with Gasteiger partial charge in [0, 0.05) is 12.6 Å². The van der Waals surface area contributed by atoms with E-state index >= 15 is 0 Å². The van der Waals surface area contributed by atoms with Gasteiger partial charge in [-0.05, 0) is 52.4 Å². The zero-order chi connectivity index (χ0) is 12.5. The van der Waals surface area contributed by atoms with Gasteiger partial charge >= 0.3 is 0 Å². The molecule has 2 aliphatic rings. The molecule has 1 fully saturated rings. The highest BCUT2D eigenvalue weighted by Crippen LogP contribution is 2.38. The van der Waals surface area contributed by atoms with Gasteiger partial charge in [-0.2, -0.15) is 0 Å². The van der Waals surface area contributed by atoms with Crippen LogP contribution in [0.3, 0.4) is 0 Å². The molecule has 1 heterocycles. The van der Waals surface area contributed by atoms with Gasteiger partial charge in [0.1, 0.15) is 13.2 Å². The lowest BCUT2D eigenvalue weighted by molar-refractivity contribution is 0.170. The van der Waals surface area contributed by atoms with Crippen LogP contribution in [0.4, 0.5) is 0 Å². The van der Waals surface area contributed by atoms with Crippen LogP contribution in [0.1, 0.15) is 25.3 Å². The van der Waals surface area contributed by atoms with E-state index in [4.69, 9.17) is 9.47 Å². The molecular formula is C14H18BrNO2. The first-order valence-corrected chi connectivity index (χ1v) is 7.33. The van der Waals surface area contributed by atoms with Gasteiger partial charge in [0.05, 0.1) is 4.47 Å². The van der Waals surface area contributed by atoms with Crippen molar-refractivity contribution in [1.82, 2.24) is 5.32 Å². The molecule has 0 unspecified atom stereocenters. The third kappa shape index (κ3) is 2.50. The molecular weight excluding hydrogens is 294 g/mol. The zero-order valence-electron chi connectivity index (χ0n) is 10.5. The van der Waals surface area contributed by atoms with E-state index < -0.39 is 0 Å². The first-order chi connectivity index (χ1) is 8.72. The molecule has 3 nitrogen and oxygen atoms in total. The lowest BCUT2D eigenvalue weighted by Crippen LogP contribution is -2.39. The highest BCUT2D eigenvalue weighted by atomic mass is 79.9. The van der Waals surface area contributed by atoms with Crippen LogP contribution in [0.5, 0.6) is 11.5 Å².